The Labute approximate surface area is 166 Å². The van der Waals surface area contributed by atoms with Crippen LogP contribution >= 0.6 is 24.0 Å². The Balaban J connectivity index is 0.00000182. The van der Waals surface area contributed by atoms with Crippen LogP contribution in [0.5, 0.6) is 0 Å². The molecule has 2 aliphatic rings. The van der Waals surface area contributed by atoms with Crippen LogP contribution in [0.2, 0.25) is 0 Å². The van der Waals surface area contributed by atoms with Crippen molar-refractivity contribution in [1.29, 1.82) is 0 Å². The summed E-state index contributed by atoms with van der Waals surface area (Å²) in [5.74, 6) is 2.09. The second-order valence-electron chi connectivity index (χ2n) is 7.15. The molecule has 1 saturated heterocycles. The van der Waals surface area contributed by atoms with Crippen LogP contribution in [-0.2, 0) is 6.42 Å². The molecule has 0 bridgehead atoms. The van der Waals surface area contributed by atoms with Gasteiger partial charge in [0.1, 0.15) is 5.82 Å². The first-order valence-electron chi connectivity index (χ1n) is 9.04. The lowest BCUT2D eigenvalue weighted by Gasteiger charge is -2.38. The average molecular weight is 454 g/mol. The summed E-state index contributed by atoms with van der Waals surface area (Å²) in [4.78, 5) is 6.91. The third-order valence-corrected chi connectivity index (χ3v) is 5.61. The van der Waals surface area contributed by atoms with Gasteiger partial charge in [-0.15, -0.1) is 34.2 Å². The third kappa shape index (κ3) is 3.75. The van der Waals surface area contributed by atoms with Crippen LogP contribution in [0.4, 0.5) is 0 Å². The summed E-state index contributed by atoms with van der Waals surface area (Å²) in [5.41, 5.74) is 1.53. The SMILES string of the molecule is CN=C(NCCCc1nnc2ccccn12)N1CCC2(CCC2)C1.I. The number of likely N-dealkylation sites (tertiary alicyclic amines) is 1. The van der Waals surface area contributed by atoms with Gasteiger partial charge in [0.05, 0.1) is 0 Å². The van der Waals surface area contributed by atoms with Crippen molar-refractivity contribution in [3.8, 4) is 0 Å². The molecular formula is C18H27IN6. The van der Waals surface area contributed by atoms with Gasteiger partial charge in [0.2, 0.25) is 0 Å². The highest BCUT2D eigenvalue weighted by atomic mass is 127. The molecule has 2 aromatic heterocycles. The van der Waals surface area contributed by atoms with Gasteiger partial charge in [0, 0.05) is 39.3 Å². The molecule has 0 unspecified atom stereocenters. The van der Waals surface area contributed by atoms with Gasteiger partial charge in [-0.1, -0.05) is 12.5 Å². The molecule has 2 aromatic rings. The molecule has 1 aliphatic heterocycles. The number of rotatable bonds is 4. The van der Waals surface area contributed by atoms with E-state index in [4.69, 9.17) is 0 Å². The van der Waals surface area contributed by atoms with E-state index in [9.17, 15) is 0 Å². The minimum absolute atomic E-state index is 0. The molecule has 4 rings (SSSR count). The van der Waals surface area contributed by atoms with Crippen molar-refractivity contribution < 1.29 is 0 Å². The molecule has 0 atom stereocenters. The van der Waals surface area contributed by atoms with Gasteiger partial charge in [-0.3, -0.25) is 9.39 Å². The number of halogens is 1. The highest BCUT2D eigenvalue weighted by Gasteiger charge is 2.43. The van der Waals surface area contributed by atoms with Crippen molar-refractivity contribution in [2.45, 2.75) is 38.5 Å². The highest BCUT2D eigenvalue weighted by Crippen LogP contribution is 2.47. The first kappa shape index (κ1) is 18.4. The number of aliphatic imine (C=N–C) groups is 1. The highest BCUT2D eigenvalue weighted by molar-refractivity contribution is 14.0. The van der Waals surface area contributed by atoms with Crippen LogP contribution in [0.1, 0.15) is 37.9 Å². The molecule has 3 heterocycles. The van der Waals surface area contributed by atoms with E-state index in [2.05, 4.69) is 29.8 Å². The summed E-state index contributed by atoms with van der Waals surface area (Å²) in [7, 11) is 1.89. The molecule has 0 aromatic carbocycles. The van der Waals surface area contributed by atoms with Crippen LogP contribution in [-0.4, -0.2) is 52.1 Å². The van der Waals surface area contributed by atoms with E-state index < -0.39 is 0 Å². The lowest BCUT2D eigenvalue weighted by molar-refractivity contribution is 0.151. The molecule has 2 fully saturated rings. The topological polar surface area (TPSA) is 57.8 Å². The molecule has 25 heavy (non-hydrogen) atoms. The Morgan fingerprint density at radius 1 is 1.28 bits per heavy atom. The van der Waals surface area contributed by atoms with Crippen molar-refractivity contribution >= 4 is 35.6 Å². The van der Waals surface area contributed by atoms with Crippen molar-refractivity contribution in [3.63, 3.8) is 0 Å². The zero-order valence-corrected chi connectivity index (χ0v) is 17.1. The fraction of sp³-hybridized carbons (Fsp3) is 0.611. The van der Waals surface area contributed by atoms with Gasteiger partial charge in [0.25, 0.3) is 0 Å². The van der Waals surface area contributed by atoms with E-state index in [1.807, 2.05) is 31.4 Å². The normalized spacial score (nSPS) is 19.1. The Kier molecular flexibility index (Phi) is 5.81. The Morgan fingerprint density at radius 3 is 2.88 bits per heavy atom. The summed E-state index contributed by atoms with van der Waals surface area (Å²) >= 11 is 0. The molecule has 1 aliphatic carbocycles. The molecule has 1 saturated carbocycles. The average Bonchev–Trinajstić information content (AvgIpc) is 3.20. The number of fused-ring (bicyclic) bond motifs is 1. The van der Waals surface area contributed by atoms with Crippen molar-refractivity contribution in [2.24, 2.45) is 10.4 Å². The number of aryl methyl sites for hydroxylation is 1. The summed E-state index contributed by atoms with van der Waals surface area (Å²) < 4.78 is 2.07. The summed E-state index contributed by atoms with van der Waals surface area (Å²) in [6.07, 6.45) is 9.51. The second-order valence-corrected chi connectivity index (χ2v) is 7.15. The minimum Gasteiger partial charge on any atom is -0.356 e. The van der Waals surface area contributed by atoms with E-state index in [1.54, 1.807) is 0 Å². The van der Waals surface area contributed by atoms with Crippen molar-refractivity contribution in [1.82, 2.24) is 24.8 Å². The lowest BCUT2D eigenvalue weighted by Crippen LogP contribution is -2.42. The number of nitrogens with one attached hydrogen (secondary N) is 1. The molecule has 136 valence electrons. The number of hydrogen-bond donors (Lipinski definition) is 1. The van der Waals surface area contributed by atoms with E-state index in [0.717, 1.165) is 43.4 Å². The number of pyridine rings is 1. The van der Waals surface area contributed by atoms with Gasteiger partial charge < -0.3 is 10.2 Å². The zero-order chi connectivity index (χ0) is 16.4. The van der Waals surface area contributed by atoms with Gasteiger partial charge in [-0.05, 0) is 43.2 Å². The smallest absolute Gasteiger partial charge is 0.193 e. The Morgan fingerprint density at radius 2 is 2.16 bits per heavy atom. The van der Waals surface area contributed by atoms with Gasteiger partial charge in [-0.25, -0.2) is 0 Å². The Hall–Kier alpha value is -1.38. The van der Waals surface area contributed by atoms with Crippen molar-refractivity contribution in [2.75, 3.05) is 26.7 Å². The number of aromatic nitrogens is 3. The fourth-order valence-corrected chi connectivity index (χ4v) is 4.04. The van der Waals surface area contributed by atoms with Crippen LogP contribution in [0.25, 0.3) is 5.65 Å². The number of guanidine groups is 1. The largest absolute Gasteiger partial charge is 0.356 e. The van der Waals surface area contributed by atoms with Gasteiger partial charge in [-0.2, -0.15) is 0 Å². The van der Waals surface area contributed by atoms with E-state index in [1.165, 1.54) is 32.2 Å². The van der Waals surface area contributed by atoms with Crippen LogP contribution < -0.4 is 5.32 Å². The van der Waals surface area contributed by atoms with Crippen molar-refractivity contribution in [3.05, 3.63) is 30.2 Å². The standard InChI is InChI=1S/C18H26N6.HI/c1-19-17(23-13-10-18(14-23)8-5-9-18)20-11-4-7-16-22-21-15-6-2-3-12-24(15)16;/h2-3,6,12H,4-5,7-11,13-14H2,1H3,(H,19,20);1H. The van der Waals surface area contributed by atoms with Gasteiger partial charge >= 0.3 is 0 Å². The van der Waals surface area contributed by atoms with E-state index >= 15 is 0 Å². The molecule has 0 radical (unpaired) electrons. The molecule has 1 spiro atoms. The first-order chi connectivity index (χ1) is 11.8. The zero-order valence-electron chi connectivity index (χ0n) is 14.8. The molecule has 0 amide bonds. The summed E-state index contributed by atoms with van der Waals surface area (Å²) in [6.45, 7) is 3.24. The summed E-state index contributed by atoms with van der Waals surface area (Å²) in [5, 5.41) is 12.0. The lowest BCUT2D eigenvalue weighted by atomic mass is 9.68. The van der Waals surface area contributed by atoms with Gasteiger partial charge in [0.15, 0.2) is 11.6 Å². The van der Waals surface area contributed by atoms with Crippen LogP contribution in [0.3, 0.4) is 0 Å². The maximum Gasteiger partial charge on any atom is 0.193 e. The monoisotopic (exact) mass is 454 g/mol. The van der Waals surface area contributed by atoms with E-state index in [0.29, 0.717) is 5.41 Å². The second kappa shape index (κ2) is 7.88. The number of hydrogen-bond acceptors (Lipinski definition) is 3. The van der Waals surface area contributed by atoms with E-state index in [-0.39, 0.29) is 24.0 Å². The summed E-state index contributed by atoms with van der Waals surface area (Å²) in [6, 6.07) is 5.99. The fourth-order valence-electron chi connectivity index (χ4n) is 4.04. The molecule has 1 N–H and O–H groups in total. The quantitative estimate of drug-likeness (QED) is 0.334. The third-order valence-electron chi connectivity index (χ3n) is 5.61. The minimum atomic E-state index is 0. The predicted molar refractivity (Wildman–Crippen MR) is 111 cm³/mol. The molecule has 6 nitrogen and oxygen atoms in total. The Bertz CT molecular complexity index is 736. The van der Waals surface area contributed by atoms with Crippen LogP contribution in [0, 0.1) is 5.41 Å². The predicted octanol–water partition coefficient (Wildman–Crippen LogP) is 2.73. The first-order valence-corrected chi connectivity index (χ1v) is 9.04. The van der Waals surface area contributed by atoms with Crippen LogP contribution in [0.15, 0.2) is 29.4 Å². The maximum atomic E-state index is 4.48. The molecular weight excluding hydrogens is 427 g/mol. The molecule has 7 heteroatoms. The maximum absolute atomic E-state index is 4.48. The number of nitrogens with zero attached hydrogens (tertiary/aromatic N) is 5.